The second-order valence-electron chi connectivity index (χ2n) is 22.6. The summed E-state index contributed by atoms with van der Waals surface area (Å²) < 4.78 is 64.1. The number of rotatable bonds is 16. The summed E-state index contributed by atoms with van der Waals surface area (Å²) in [5.74, 6) is -2.86. The average Bonchev–Trinajstić information content (AvgIpc) is 4.09. The van der Waals surface area contributed by atoms with Gasteiger partial charge < -0.3 is 78.4 Å². The fourth-order valence-electron chi connectivity index (χ4n) is 11.8. The Morgan fingerprint density at radius 2 is 1.67 bits per heavy atom. The van der Waals surface area contributed by atoms with E-state index in [1.165, 1.54) is 14.0 Å². The SMILES string of the molecule is CC[C@H]1OC(=O)[C@H](C)[C@@H](O[C@H]2C[C@@](C)(OC)[C@@H](O)[C@H](C)O2)[C@H](C)[C@@H](O[C@@H]2O[C@H](C)C[C@H](N(C)CCC3=CN([C@H](CF)[C@H](OC)c4ccc(-c5cnoc5)cc4)NN3)[C@H]2O)[C@](C)(O)C[C@@H](C)CN(C)[C@H](C)[C@@H](O)[C@]1(C)O. The van der Waals surface area contributed by atoms with Gasteiger partial charge in [0.2, 0.25) is 0 Å². The Kier molecular flexibility index (Phi) is 20.8. The topological polar surface area (TPSA) is 243 Å². The standard InChI is InChI=1S/C54H89FN6O14/c1-15-42-54(10,67)47(63)34(6)60(12)27-30(2)23-52(8,66)49(32(4)45(33(5)50(65)73-42)74-43-24-53(9,69-14)48(64)35(7)72-43)75-51-44(62)40(22-31(3)71-51)59(11)21-20-39-28-61(58-57-39)41(25-55)46(68-13)37-18-16-36(17-19-37)38-26-56-70-29-38/h16-19,26,28-35,40-49,51,57-58,62-64,66-67H,15,20-25,27H2,1-14H3/t30-,31-,32+,33-,34-,35+,40+,41-,42-,43+,44-,45+,46-,47-,48+,49-,51+,52-,53-,54-/m1/s1. The Morgan fingerprint density at radius 3 is 2.28 bits per heavy atom. The molecule has 7 N–H and O–H groups in total. The molecule has 4 aliphatic heterocycles. The zero-order valence-corrected chi connectivity index (χ0v) is 46.6. The summed E-state index contributed by atoms with van der Waals surface area (Å²) >= 11 is 0. The average molecular weight is 1070 g/mol. The van der Waals surface area contributed by atoms with Crippen molar-refractivity contribution in [3.8, 4) is 11.1 Å². The van der Waals surface area contributed by atoms with Crippen molar-refractivity contribution in [1.82, 2.24) is 30.9 Å². The number of hydrazine groups is 2. The molecule has 6 rings (SSSR count). The van der Waals surface area contributed by atoms with E-state index in [-0.39, 0.29) is 25.2 Å². The zero-order valence-electron chi connectivity index (χ0n) is 46.6. The van der Waals surface area contributed by atoms with E-state index in [1.807, 2.05) is 68.2 Å². The maximum atomic E-state index is 14.9. The Bertz CT molecular complexity index is 2120. The van der Waals surface area contributed by atoms with Crippen molar-refractivity contribution < 1.29 is 72.4 Å². The Balaban J connectivity index is 1.25. The first-order chi connectivity index (χ1) is 35.3. The number of nitrogens with zero attached hydrogens (tertiary/aromatic N) is 4. The molecule has 1 aromatic heterocycles. The molecule has 0 aliphatic carbocycles. The van der Waals surface area contributed by atoms with Crippen LogP contribution in [0.15, 0.2) is 53.1 Å². The van der Waals surface area contributed by atoms with Crippen LogP contribution in [0.25, 0.3) is 11.1 Å². The van der Waals surface area contributed by atoms with Gasteiger partial charge in [-0.2, -0.15) is 0 Å². The number of benzene rings is 1. The molecule has 4 aliphatic rings. The minimum absolute atomic E-state index is 0.0862. The Hall–Kier alpha value is -3.39. The predicted molar refractivity (Wildman–Crippen MR) is 275 cm³/mol. The molecule has 20 nitrogen and oxygen atoms in total. The van der Waals surface area contributed by atoms with Crippen LogP contribution in [0, 0.1) is 17.8 Å². The molecule has 5 heterocycles. The number of aliphatic hydroxyl groups excluding tert-OH is 3. The van der Waals surface area contributed by atoms with Crippen LogP contribution in [0.1, 0.15) is 113 Å². The summed E-state index contributed by atoms with van der Waals surface area (Å²) in [5, 5.41) is 65.3. The summed E-state index contributed by atoms with van der Waals surface area (Å²) in [4.78, 5) is 18.5. The highest BCUT2D eigenvalue weighted by Gasteiger charge is 2.53. The highest BCUT2D eigenvalue weighted by Crippen LogP contribution is 2.41. The first kappa shape index (κ1) is 60.8. The van der Waals surface area contributed by atoms with E-state index in [4.69, 9.17) is 37.7 Å². The van der Waals surface area contributed by atoms with Gasteiger partial charge in [-0.15, -0.1) is 5.53 Å². The fraction of sp³-hybridized carbons (Fsp3) is 0.778. The van der Waals surface area contributed by atoms with Gasteiger partial charge in [0.15, 0.2) is 12.6 Å². The molecule has 1 aromatic carbocycles. The van der Waals surface area contributed by atoms with Crippen molar-refractivity contribution in [3.05, 3.63) is 54.2 Å². The van der Waals surface area contributed by atoms with Gasteiger partial charge in [0, 0.05) is 75.6 Å². The molecule has 0 bridgehead atoms. The van der Waals surface area contributed by atoms with E-state index >= 15 is 0 Å². The molecule has 426 valence electrons. The van der Waals surface area contributed by atoms with E-state index in [9.17, 15) is 34.7 Å². The second kappa shape index (κ2) is 25.6. The van der Waals surface area contributed by atoms with Crippen LogP contribution in [0.3, 0.4) is 0 Å². The third-order valence-electron chi connectivity index (χ3n) is 16.6. The maximum Gasteiger partial charge on any atom is 0.311 e. The molecule has 20 atom stereocenters. The van der Waals surface area contributed by atoms with E-state index < -0.39 is 127 Å². The monoisotopic (exact) mass is 1060 g/mol. The number of carbonyl (C=O) groups excluding carboxylic acids is 1. The number of nitrogens with one attached hydrogen (secondary N) is 2. The summed E-state index contributed by atoms with van der Waals surface area (Å²) in [6.45, 7) is 17.6. The van der Waals surface area contributed by atoms with Crippen LogP contribution in [-0.2, 0) is 38.0 Å². The molecule has 0 spiro atoms. The van der Waals surface area contributed by atoms with Crippen LogP contribution < -0.4 is 11.0 Å². The number of ether oxygens (including phenoxy) is 7. The van der Waals surface area contributed by atoms with Crippen molar-refractivity contribution in [1.29, 1.82) is 0 Å². The van der Waals surface area contributed by atoms with Gasteiger partial charge in [0.25, 0.3) is 0 Å². The van der Waals surface area contributed by atoms with Crippen molar-refractivity contribution in [2.24, 2.45) is 17.8 Å². The van der Waals surface area contributed by atoms with Crippen molar-refractivity contribution in [3.63, 3.8) is 0 Å². The quantitative estimate of drug-likeness (QED) is 0.117. The predicted octanol–water partition coefficient (Wildman–Crippen LogP) is 4.21. The molecule has 3 fully saturated rings. The largest absolute Gasteiger partial charge is 0.459 e. The second-order valence-corrected chi connectivity index (χ2v) is 22.6. The lowest BCUT2D eigenvalue weighted by Crippen LogP contribution is -2.61. The number of halogens is 1. The van der Waals surface area contributed by atoms with Gasteiger partial charge in [0.05, 0.1) is 47.7 Å². The van der Waals surface area contributed by atoms with Gasteiger partial charge in [0.1, 0.15) is 55.1 Å². The lowest BCUT2D eigenvalue weighted by Gasteiger charge is -2.49. The lowest BCUT2D eigenvalue weighted by molar-refractivity contribution is -0.318. The normalized spacial score (nSPS) is 39.8. The fourth-order valence-corrected chi connectivity index (χ4v) is 11.8. The highest BCUT2D eigenvalue weighted by molar-refractivity contribution is 5.73. The summed E-state index contributed by atoms with van der Waals surface area (Å²) in [6, 6.07) is 5.84. The number of alkyl halides is 1. The van der Waals surface area contributed by atoms with Crippen LogP contribution in [-0.4, -0.2) is 196 Å². The number of methoxy groups -OCH3 is 2. The lowest BCUT2D eigenvalue weighted by atomic mass is 9.77. The molecule has 21 heteroatoms. The van der Waals surface area contributed by atoms with Crippen molar-refractivity contribution in [2.75, 3.05) is 48.1 Å². The number of esters is 1. The van der Waals surface area contributed by atoms with Gasteiger partial charge in [-0.1, -0.05) is 50.2 Å². The van der Waals surface area contributed by atoms with Gasteiger partial charge >= 0.3 is 5.97 Å². The van der Waals surface area contributed by atoms with E-state index in [0.29, 0.717) is 25.9 Å². The molecule has 0 saturated carbocycles. The number of hydrogen-bond acceptors (Lipinski definition) is 20. The first-order valence-electron chi connectivity index (χ1n) is 26.7. The molecule has 0 radical (unpaired) electrons. The third-order valence-corrected chi connectivity index (χ3v) is 16.6. The molecule has 3 saturated heterocycles. The third kappa shape index (κ3) is 13.9. The minimum atomic E-state index is -1.85. The first-order valence-corrected chi connectivity index (χ1v) is 26.7. The molecular weight excluding hydrogens is 976 g/mol. The number of likely N-dealkylation sites (N-methyl/N-ethyl adjacent to an activating group) is 2. The Morgan fingerprint density at radius 1 is 0.973 bits per heavy atom. The van der Waals surface area contributed by atoms with E-state index in [2.05, 4.69) is 16.1 Å². The smallest absolute Gasteiger partial charge is 0.311 e. The molecule has 0 amide bonds. The summed E-state index contributed by atoms with van der Waals surface area (Å²) in [6.07, 6.45) is -4.51. The number of aromatic nitrogens is 1. The molecule has 2 aromatic rings. The zero-order chi connectivity index (χ0) is 55.3. The number of cyclic esters (lactones) is 1. The number of carbonyl (C=O) groups is 1. The van der Waals surface area contributed by atoms with Crippen LogP contribution in [0.5, 0.6) is 0 Å². The van der Waals surface area contributed by atoms with Crippen molar-refractivity contribution >= 4 is 5.97 Å². The summed E-state index contributed by atoms with van der Waals surface area (Å²) in [5.41, 5.74) is 4.99. The van der Waals surface area contributed by atoms with Crippen molar-refractivity contribution in [2.45, 2.75) is 204 Å². The van der Waals surface area contributed by atoms with Crippen LogP contribution in [0.4, 0.5) is 4.39 Å². The molecular formula is C54H89FN6O14. The van der Waals surface area contributed by atoms with Gasteiger partial charge in [-0.25, -0.2) is 4.39 Å². The van der Waals surface area contributed by atoms with E-state index in [1.54, 1.807) is 73.0 Å². The summed E-state index contributed by atoms with van der Waals surface area (Å²) in [7, 11) is 6.79. The van der Waals surface area contributed by atoms with Crippen LogP contribution >= 0.6 is 0 Å². The minimum Gasteiger partial charge on any atom is -0.459 e. The number of aliphatic hydroxyl groups is 5. The molecule has 75 heavy (non-hydrogen) atoms. The number of hydrogen-bond donors (Lipinski definition) is 7. The highest BCUT2D eigenvalue weighted by atomic mass is 19.1. The van der Waals surface area contributed by atoms with Gasteiger partial charge in [-0.3, -0.25) is 9.80 Å². The van der Waals surface area contributed by atoms with Crippen LogP contribution in [0.2, 0.25) is 0 Å². The maximum absolute atomic E-state index is 14.9. The molecule has 0 unspecified atom stereocenters. The van der Waals surface area contributed by atoms with Gasteiger partial charge in [-0.05, 0) is 98.9 Å². The van der Waals surface area contributed by atoms with E-state index in [0.717, 1.165) is 22.4 Å². The Labute approximate surface area is 443 Å².